The topological polar surface area (TPSA) is 17.8 Å². The number of benzene rings is 8. The van der Waals surface area contributed by atoms with Gasteiger partial charge in [0.05, 0.1) is 16.6 Å². The van der Waals surface area contributed by atoms with E-state index in [0.717, 1.165) is 27.6 Å². The van der Waals surface area contributed by atoms with Crippen LogP contribution in [0.1, 0.15) is 0 Å². The molecule has 2 aromatic heterocycles. The van der Waals surface area contributed by atoms with Crippen molar-refractivity contribution in [2.24, 2.45) is 0 Å². The average Bonchev–Trinajstić information content (AvgIpc) is 3.54. The molecule has 2 heteroatoms. The van der Waals surface area contributed by atoms with Crippen molar-refractivity contribution in [3.8, 4) is 50.2 Å². The van der Waals surface area contributed by atoms with E-state index in [9.17, 15) is 0 Å². The second-order valence-corrected chi connectivity index (χ2v) is 13.1. The maximum atomic E-state index is 4.89. The van der Waals surface area contributed by atoms with Crippen LogP contribution < -0.4 is 0 Å². The monoisotopic (exact) mass is 648 g/mol. The highest BCUT2D eigenvalue weighted by Gasteiger charge is 2.19. The number of aromatic nitrogens is 2. The van der Waals surface area contributed by atoms with E-state index in [1.807, 2.05) is 12.3 Å². The van der Waals surface area contributed by atoms with E-state index in [1.54, 1.807) is 0 Å². The van der Waals surface area contributed by atoms with E-state index in [0.29, 0.717) is 0 Å². The Labute approximate surface area is 296 Å². The molecule has 2 heterocycles. The van der Waals surface area contributed by atoms with Gasteiger partial charge in [0.15, 0.2) is 0 Å². The first-order valence-electron chi connectivity index (χ1n) is 17.5. The molecule has 10 aromatic rings. The lowest BCUT2D eigenvalue weighted by Crippen LogP contribution is -1.93. The third-order valence-corrected chi connectivity index (χ3v) is 10.2. The van der Waals surface area contributed by atoms with Crippen LogP contribution in [0.25, 0.3) is 93.7 Å². The first-order chi connectivity index (χ1) is 25.3. The molecular weight excluding hydrogens is 617 g/mol. The zero-order valence-electron chi connectivity index (χ0n) is 27.9. The first-order valence-corrected chi connectivity index (χ1v) is 17.5. The summed E-state index contributed by atoms with van der Waals surface area (Å²) in [5, 5.41) is 6.17. The van der Waals surface area contributed by atoms with Gasteiger partial charge >= 0.3 is 0 Å². The highest BCUT2D eigenvalue weighted by atomic mass is 15.0. The van der Waals surface area contributed by atoms with Crippen LogP contribution in [0.15, 0.2) is 194 Å². The van der Waals surface area contributed by atoms with Crippen molar-refractivity contribution < 1.29 is 0 Å². The Morgan fingerprint density at radius 1 is 0.333 bits per heavy atom. The summed E-state index contributed by atoms with van der Waals surface area (Å²) < 4.78 is 2.32. The normalized spacial score (nSPS) is 11.5. The van der Waals surface area contributed by atoms with Gasteiger partial charge in [-0.2, -0.15) is 0 Å². The van der Waals surface area contributed by atoms with E-state index in [1.165, 1.54) is 66.1 Å². The van der Waals surface area contributed by atoms with E-state index in [4.69, 9.17) is 4.98 Å². The molecule has 51 heavy (non-hydrogen) atoms. The lowest BCUT2D eigenvalue weighted by Gasteiger charge is -2.19. The summed E-state index contributed by atoms with van der Waals surface area (Å²) in [6.45, 7) is 0. The van der Waals surface area contributed by atoms with Gasteiger partial charge < -0.3 is 4.57 Å². The molecule has 8 aromatic carbocycles. The second-order valence-electron chi connectivity index (χ2n) is 13.1. The molecule has 0 unspecified atom stereocenters. The van der Waals surface area contributed by atoms with Crippen molar-refractivity contribution in [1.29, 1.82) is 0 Å². The first kappa shape index (κ1) is 29.2. The molecule has 0 aliphatic heterocycles. The quantitative estimate of drug-likeness (QED) is 0.170. The summed E-state index contributed by atoms with van der Waals surface area (Å²) in [7, 11) is 0. The van der Waals surface area contributed by atoms with Crippen LogP contribution in [0.3, 0.4) is 0 Å². The van der Waals surface area contributed by atoms with Gasteiger partial charge in [-0.05, 0) is 109 Å². The number of rotatable bonds is 5. The molecule has 0 amide bonds. The van der Waals surface area contributed by atoms with E-state index >= 15 is 0 Å². The highest BCUT2D eigenvalue weighted by molar-refractivity contribution is 6.21. The fourth-order valence-corrected chi connectivity index (χ4v) is 8.02. The Morgan fingerprint density at radius 2 is 0.882 bits per heavy atom. The average molecular weight is 649 g/mol. The maximum Gasteiger partial charge on any atom is 0.0963 e. The minimum Gasteiger partial charge on any atom is -0.308 e. The molecule has 238 valence electrons. The van der Waals surface area contributed by atoms with Crippen molar-refractivity contribution in [3.63, 3.8) is 0 Å². The van der Waals surface area contributed by atoms with Gasteiger partial charge in [0.2, 0.25) is 0 Å². The SMILES string of the molecule is c1ccc(-c2cc(-c3c4ccccc4c(-c4ccccc4)c4ccccc34)ccc2-c2ccc3c(c2)c2ncccc2n3-c2ccccc2)cc1. The van der Waals surface area contributed by atoms with E-state index in [-0.39, 0.29) is 0 Å². The molecule has 0 saturated heterocycles. The Bertz CT molecular complexity index is 2830. The number of nitrogens with zero attached hydrogens (tertiary/aromatic N) is 2. The molecule has 0 saturated carbocycles. The molecule has 10 rings (SSSR count). The molecule has 0 spiro atoms. The minimum absolute atomic E-state index is 1.01. The third kappa shape index (κ3) is 4.76. The second kappa shape index (κ2) is 12.0. The van der Waals surface area contributed by atoms with Crippen molar-refractivity contribution in [2.45, 2.75) is 0 Å². The summed E-state index contributed by atoms with van der Waals surface area (Å²) >= 11 is 0. The lowest BCUT2D eigenvalue weighted by molar-refractivity contribution is 1.18. The Morgan fingerprint density at radius 3 is 1.53 bits per heavy atom. The molecule has 0 atom stereocenters. The van der Waals surface area contributed by atoms with Crippen LogP contribution >= 0.6 is 0 Å². The minimum atomic E-state index is 1.01. The van der Waals surface area contributed by atoms with Crippen LogP contribution in [0, 0.1) is 0 Å². The Hall–Kier alpha value is -6.77. The van der Waals surface area contributed by atoms with Crippen molar-refractivity contribution in [1.82, 2.24) is 9.55 Å². The zero-order chi connectivity index (χ0) is 33.7. The van der Waals surface area contributed by atoms with Crippen molar-refractivity contribution in [3.05, 3.63) is 194 Å². The van der Waals surface area contributed by atoms with Crippen molar-refractivity contribution in [2.75, 3.05) is 0 Å². The number of pyridine rings is 1. The third-order valence-electron chi connectivity index (χ3n) is 10.2. The smallest absolute Gasteiger partial charge is 0.0963 e. The van der Waals surface area contributed by atoms with Crippen LogP contribution in [0.4, 0.5) is 0 Å². The molecule has 0 radical (unpaired) electrons. The molecule has 0 aliphatic carbocycles. The summed E-state index contributed by atoms with van der Waals surface area (Å²) in [5.74, 6) is 0. The molecule has 0 bridgehead atoms. The van der Waals surface area contributed by atoms with Gasteiger partial charge in [-0.3, -0.25) is 4.98 Å². The predicted molar refractivity (Wildman–Crippen MR) is 215 cm³/mol. The number of hydrogen-bond donors (Lipinski definition) is 0. The molecule has 0 aliphatic rings. The largest absolute Gasteiger partial charge is 0.308 e. The van der Waals surface area contributed by atoms with Gasteiger partial charge in [-0.15, -0.1) is 0 Å². The van der Waals surface area contributed by atoms with E-state index < -0.39 is 0 Å². The summed E-state index contributed by atoms with van der Waals surface area (Å²) in [5.41, 5.74) is 14.1. The standard InChI is InChI=1S/C49H32N2/c1-4-15-33(16-5-1)43-32-36(48-41-23-12-10-21-39(41)47(34-17-6-2-7-18-34)40-22-11-13-24-42(40)48)26-28-38(43)35-27-29-45-44(31-35)49-46(25-14-30-50-49)51(45)37-19-8-3-9-20-37/h1-32H. The van der Waals surface area contributed by atoms with Gasteiger partial charge in [0, 0.05) is 17.3 Å². The fourth-order valence-electron chi connectivity index (χ4n) is 8.02. The summed E-state index contributed by atoms with van der Waals surface area (Å²) in [4.78, 5) is 4.89. The number of fused-ring (bicyclic) bond motifs is 5. The van der Waals surface area contributed by atoms with Crippen LogP contribution in [0.2, 0.25) is 0 Å². The van der Waals surface area contributed by atoms with Crippen LogP contribution in [-0.4, -0.2) is 9.55 Å². The van der Waals surface area contributed by atoms with Gasteiger partial charge in [-0.25, -0.2) is 0 Å². The van der Waals surface area contributed by atoms with Crippen LogP contribution in [0.5, 0.6) is 0 Å². The molecular formula is C49H32N2. The molecule has 0 N–H and O–H groups in total. The van der Waals surface area contributed by atoms with Gasteiger partial charge in [-0.1, -0.05) is 146 Å². The summed E-state index contributed by atoms with van der Waals surface area (Å²) in [6, 6.07) is 68.0. The maximum absolute atomic E-state index is 4.89. The van der Waals surface area contributed by atoms with Crippen molar-refractivity contribution >= 4 is 43.5 Å². The lowest BCUT2D eigenvalue weighted by atomic mass is 9.84. The van der Waals surface area contributed by atoms with Gasteiger partial charge in [0.25, 0.3) is 0 Å². The Kier molecular flexibility index (Phi) is 6.85. The fraction of sp³-hybridized carbons (Fsp3) is 0. The predicted octanol–water partition coefficient (Wildman–Crippen LogP) is 13.2. The Balaban J connectivity index is 1.23. The van der Waals surface area contributed by atoms with Gasteiger partial charge in [0.1, 0.15) is 0 Å². The highest BCUT2D eigenvalue weighted by Crippen LogP contribution is 2.46. The molecule has 0 fully saturated rings. The van der Waals surface area contributed by atoms with E-state index in [2.05, 4.69) is 187 Å². The van der Waals surface area contributed by atoms with Crippen LogP contribution in [-0.2, 0) is 0 Å². The number of para-hydroxylation sites is 1. The summed E-state index contributed by atoms with van der Waals surface area (Å²) in [6.07, 6.45) is 1.89. The zero-order valence-corrected chi connectivity index (χ0v) is 27.9. The number of hydrogen-bond acceptors (Lipinski definition) is 1. The molecule has 2 nitrogen and oxygen atoms in total.